The summed E-state index contributed by atoms with van der Waals surface area (Å²) in [6.07, 6.45) is 2.55. The van der Waals surface area contributed by atoms with Crippen LogP contribution in [0.4, 0.5) is 0 Å². The van der Waals surface area contributed by atoms with Crippen molar-refractivity contribution in [2.24, 2.45) is 11.3 Å². The van der Waals surface area contributed by atoms with E-state index < -0.39 is 5.60 Å². The fourth-order valence-electron chi connectivity index (χ4n) is 2.38. The van der Waals surface area contributed by atoms with Crippen molar-refractivity contribution in [2.75, 3.05) is 0 Å². The number of Topliss-reactive ketones (excluding diaryl/α,β-unsaturated/α-hetero) is 1. The third-order valence-electron chi connectivity index (χ3n) is 3.46. The van der Waals surface area contributed by atoms with Crippen molar-refractivity contribution in [3.05, 3.63) is 11.6 Å². The van der Waals surface area contributed by atoms with Gasteiger partial charge in [-0.3, -0.25) is 4.79 Å². The van der Waals surface area contributed by atoms with Crippen molar-refractivity contribution in [1.29, 1.82) is 0 Å². The molecule has 66 valence electrons. The van der Waals surface area contributed by atoms with Crippen LogP contribution >= 0.6 is 0 Å². The predicted octanol–water partition coefficient (Wildman–Crippen LogP) is 1.29. The summed E-state index contributed by atoms with van der Waals surface area (Å²) in [5, 5.41) is 9.87. The number of carbonyl (C=O) groups excluding carboxylic acids is 1. The highest BCUT2D eigenvalue weighted by Gasteiger charge is 2.56. The molecule has 0 radical (unpaired) electrons. The first kappa shape index (κ1) is 7.99. The van der Waals surface area contributed by atoms with Crippen LogP contribution in [0.3, 0.4) is 0 Å². The van der Waals surface area contributed by atoms with Gasteiger partial charge >= 0.3 is 0 Å². The molecule has 3 rings (SSSR count). The van der Waals surface area contributed by atoms with Gasteiger partial charge in [0.25, 0.3) is 0 Å². The molecule has 1 N–H and O–H groups in total. The van der Waals surface area contributed by atoms with Gasteiger partial charge in [-0.25, -0.2) is 0 Å². The first-order valence-electron chi connectivity index (χ1n) is 4.35. The van der Waals surface area contributed by atoms with E-state index >= 15 is 0 Å². The minimum atomic E-state index is -1.18. The standard InChI is InChI=1S/C10H14O2/c1-9(2)6-4-7(9)10(3,12)8(11)5-6/h4,6,12H,5H2,1-3H3. The first-order chi connectivity index (χ1) is 5.37. The van der Waals surface area contributed by atoms with E-state index in [1.165, 1.54) is 0 Å². The lowest BCUT2D eigenvalue weighted by atomic mass is 9.52. The molecule has 2 heteroatoms. The lowest BCUT2D eigenvalue weighted by molar-refractivity contribution is -0.141. The zero-order valence-corrected chi connectivity index (χ0v) is 7.72. The Kier molecular flexibility index (Phi) is 1.21. The van der Waals surface area contributed by atoms with Gasteiger partial charge in [0.05, 0.1) is 0 Å². The normalized spacial score (nSPS) is 43.5. The summed E-state index contributed by atoms with van der Waals surface area (Å²) in [5.74, 6) is 0.338. The quantitative estimate of drug-likeness (QED) is 0.551. The van der Waals surface area contributed by atoms with Crippen LogP contribution in [-0.2, 0) is 4.79 Å². The van der Waals surface area contributed by atoms with Crippen molar-refractivity contribution < 1.29 is 9.90 Å². The summed E-state index contributed by atoms with van der Waals surface area (Å²) in [5.41, 5.74) is -0.230. The molecule has 0 aromatic carbocycles. The number of hydrogen-bond acceptors (Lipinski definition) is 2. The SMILES string of the molecule is CC1(O)C(=O)CC2C=C1C2(C)C. The Hall–Kier alpha value is -0.630. The van der Waals surface area contributed by atoms with E-state index in [0.717, 1.165) is 5.57 Å². The van der Waals surface area contributed by atoms with E-state index in [2.05, 4.69) is 13.8 Å². The highest BCUT2D eigenvalue weighted by atomic mass is 16.3. The van der Waals surface area contributed by atoms with Gasteiger partial charge in [-0.15, -0.1) is 0 Å². The summed E-state index contributed by atoms with van der Waals surface area (Å²) in [4.78, 5) is 11.4. The number of aliphatic hydroxyl groups is 1. The van der Waals surface area contributed by atoms with Crippen LogP contribution in [0.25, 0.3) is 0 Å². The average Bonchev–Trinajstić information content (AvgIpc) is 1.93. The molecule has 0 aromatic rings. The van der Waals surface area contributed by atoms with E-state index in [1.807, 2.05) is 6.08 Å². The highest BCUT2D eigenvalue weighted by Crippen LogP contribution is 2.56. The molecule has 0 heterocycles. The number of ketones is 1. The molecule has 0 spiro atoms. The first-order valence-corrected chi connectivity index (χ1v) is 4.35. The molecule has 2 atom stereocenters. The van der Waals surface area contributed by atoms with Crippen molar-refractivity contribution in [1.82, 2.24) is 0 Å². The number of hydrogen-bond donors (Lipinski definition) is 1. The molecule has 2 nitrogen and oxygen atoms in total. The van der Waals surface area contributed by atoms with Gasteiger partial charge < -0.3 is 5.11 Å². The molecule has 2 bridgehead atoms. The number of fused-ring (bicyclic) bond motifs is 2. The second-order valence-electron chi connectivity index (χ2n) is 4.61. The van der Waals surface area contributed by atoms with Crippen molar-refractivity contribution in [2.45, 2.75) is 32.8 Å². The van der Waals surface area contributed by atoms with Crippen LogP contribution in [0, 0.1) is 11.3 Å². The van der Waals surface area contributed by atoms with Gasteiger partial charge in [0.1, 0.15) is 5.60 Å². The van der Waals surface area contributed by atoms with Crippen LogP contribution in [0.15, 0.2) is 11.6 Å². The molecule has 3 aliphatic carbocycles. The Morgan fingerprint density at radius 3 is 2.42 bits per heavy atom. The third kappa shape index (κ3) is 0.667. The maximum absolute atomic E-state index is 11.4. The van der Waals surface area contributed by atoms with E-state index in [1.54, 1.807) is 6.92 Å². The largest absolute Gasteiger partial charge is 0.378 e. The zero-order chi connectivity index (χ0) is 9.15. The van der Waals surface area contributed by atoms with Crippen LogP contribution in [0.1, 0.15) is 27.2 Å². The topological polar surface area (TPSA) is 37.3 Å². The Morgan fingerprint density at radius 2 is 2.08 bits per heavy atom. The van der Waals surface area contributed by atoms with Crippen molar-refractivity contribution >= 4 is 5.78 Å². The fraction of sp³-hybridized carbons (Fsp3) is 0.700. The van der Waals surface area contributed by atoms with Gasteiger partial charge in [0.15, 0.2) is 5.78 Å². The smallest absolute Gasteiger partial charge is 0.168 e. The van der Waals surface area contributed by atoms with Gasteiger partial charge in [0.2, 0.25) is 0 Å². The highest BCUT2D eigenvalue weighted by molar-refractivity contribution is 5.94. The lowest BCUT2D eigenvalue weighted by Gasteiger charge is -2.53. The molecule has 0 aliphatic heterocycles. The maximum Gasteiger partial charge on any atom is 0.168 e. The van der Waals surface area contributed by atoms with Gasteiger partial charge in [-0.1, -0.05) is 19.9 Å². The Morgan fingerprint density at radius 1 is 1.50 bits per heavy atom. The zero-order valence-electron chi connectivity index (χ0n) is 7.72. The minimum absolute atomic E-state index is 0.0238. The molecule has 1 fully saturated rings. The Bertz CT molecular complexity index is 284. The molecule has 12 heavy (non-hydrogen) atoms. The van der Waals surface area contributed by atoms with Gasteiger partial charge in [0, 0.05) is 6.42 Å². The van der Waals surface area contributed by atoms with Crippen molar-refractivity contribution in [3.8, 4) is 0 Å². The molecule has 3 aliphatic rings. The van der Waals surface area contributed by atoms with E-state index in [4.69, 9.17) is 0 Å². The minimum Gasteiger partial charge on any atom is -0.378 e. The van der Waals surface area contributed by atoms with Crippen LogP contribution in [0.5, 0.6) is 0 Å². The average molecular weight is 166 g/mol. The van der Waals surface area contributed by atoms with E-state index in [-0.39, 0.29) is 11.2 Å². The van der Waals surface area contributed by atoms with Crippen molar-refractivity contribution in [3.63, 3.8) is 0 Å². The third-order valence-corrected chi connectivity index (χ3v) is 3.46. The predicted molar refractivity (Wildman–Crippen MR) is 45.6 cm³/mol. The summed E-state index contributed by atoms with van der Waals surface area (Å²) < 4.78 is 0. The van der Waals surface area contributed by atoms with Crippen LogP contribution < -0.4 is 0 Å². The van der Waals surface area contributed by atoms with E-state index in [0.29, 0.717) is 12.3 Å². The summed E-state index contributed by atoms with van der Waals surface area (Å²) in [6.45, 7) is 5.79. The maximum atomic E-state index is 11.4. The van der Waals surface area contributed by atoms with E-state index in [9.17, 15) is 9.90 Å². The Labute approximate surface area is 72.3 Å². The van der Waals surface area contributed by atoms with Gasteiger partial charge in [-0.2, -0.15) is 0 Å². The summed E-state index contributed by atoms with van der Waals surface area (Å²) >= 11 is 0. The van der Waals surface area contributed by atoms with Gasteiger partial charge in [-0.05, 0) is 23.8 Å². The molecular formula is C10H14O2. The summed E-state index contributed by atoms with van der Waals surface area (Å²) in [7, 11) is 0. The lowest BCUT2D eigenvalue weighted by Crippen LogP contribution is -2.56. The number of rotatable bonds is 0. The molecule has 2 unspecified atom stereocenters. The molecule has 0 aromatic heterocycles. The molecule has 1 saturated carbocycles. The number of allylic oxidation sites excluding steroid dienone is 1. The van der Waals surface area contributed by atoms with Crippen LogP contribution in [-0.4, -0.2) is 16.5 Å². The second-order valence-corrected chi connectivity index (χ2v) is 4.61. The number of carbonyl (C=O) groups is 1. The fourth-order valence-corrected chi connectivity index (χ4v) is 2.38. The molecule has 0 saturated heterocycles. The molecule has 0 amide bonds. The van der Waals surface area contributed by atoms with Crippen LogP contribution in [0.2, 0.25) is 0 Å². The summed E-state index contributed by atoms with van der Waals surface area (Å²) in [6, 6.07) is 0. The second kappa shape index (κ2) is 1.82. The molecular weight excluding hydrogens is 152 g/mol. The Balaban J connectivity index is 2.46. The monoisotopic (exact) mass is 166 g/mol.